The van der Waals surface area contributed by atoms with Gasteiger partial charge in [-0.1, -0.05) is 12.1 Å². The number of rotatable bonds is 3. The van der Waals surface area contributed by atoms with Crippen molar-refractivity contribution < 1.29 is 9.66 Å². The Morgan fingerprint density at radius 2 is 1.89 bits per heavy atom. The maximum Gasteiger partial charge on any atom is 0.271 e. The summed E-state index contributed by atoms with van der Waals surface area (Å²) in [7, 11) is 0. The first kappa shape index (κ1) is 12.6. The van der Waals surface area contributed by atoms with E-state index in [1.165, 1.54) is 18.2 Å². The molecule has 0 aliphatic heterocycles. The Labute approximate surface area is 117 Å². The van der Waals surface area contributed by atoms with E-state index in [2.05, 4.69) is 22.6 Å². The number of nitro groups is 1. The number of nitrogen functional groups attached to an aromatic ring is 1. The van der Waals surface area contributed by atoms with Crippen LogP contribution in [0.3, 0.4) is 0 Å². The van der Waals surface area contributed by atoms with Crippen LogP contribution in [-0.4, -0.2) is 4.92 Å². The number of para-hydroxylation sites is 1. The van der Waals surface area contributed by atoms with Gasteiger partial charge in [0.25, 0.3) is 5.69 Å². The highest BCUT2D eigenvalue weighted by molar-refractivity contribution is 14.1. The molecule has 0 unspecified atom stereocenters. The fourth-order valence-electron chi connectivity index (χ4n) is 1.39. The van der Waals surface area contributed by atoms with Crippen molar-refractivity contribution in [1.82, 2.24) is 0 Å². The van der Waals surface area contributed by atoms with Gasteiger partial charge in [0.1, 0.15) is 5.75 Å². The van der Waals surface area contributed by atoms with Crippen molar-refractivity contribution in [2.45, 2.75) is 0 Å². The van der Waals surface area contributed by atoms with Gasteiger partial charge in [-0.05, 0) is 40.8 Å². The third-order valence-corrected chi connectivity index (χ3v) is 3.15. The van der Waals surface area contributed by atoms with E-state index in [4.69, 9.17) is 10.5 Å². The summed E-state index contributed by atoms with van der Waals surface area (Å²) in [5.74, 6) is 1.07. The van der Waals surface area contributed by atoms with E-state index in [0.717, 1.165) is 3.57 Å². The minimum Gasteiger partial charge on any atom is -0.454 e. The van der Waals surface area contributed by atoms with E-state index in [0.29, 0.717) is 11.5 Å². The second-order valence-corrected chi connectivity index (χ2v) is 4.67. The molecule has 0 radical (unpaired) electrons. The molecule has 0 aliphatic carbocycles. The molecule has 6 heteroatoms. The Morgan fingerprint density at radius 3 is 2.50 bits per heavy atom. The van der Waals surface area contributed by atoms with Crippen LogP contribution in [0.15, 0.2) is 42.5 Å². The smallest absolute Gasteiger partial charge is 0.271 e. The number of anilines is 1. The molecular weight excluding hydrogens is 347 g/mol. The Morgan fingerprint density at radius 1 is 1.17 bits per heavy atom. The Balaban J connectivity index is 2.30. The summed E-state index contributed by atoms with van der Waals surface area (Å²) < 4.78 is 6.56. The molecule has 5 nitrogen and oxygen atoms in total. The van der Waals surface area contributed by atoms with Gasteiger partial charge in [0, 0.05) is 12.1 Å². The third-order valence-electron chi connectivity index (χ3n) is 2.26. The van der Waals surface area contributed by atoms with Crippen LogP contribution < -0.4 is 10.5 Å². The van der Waals surface area contributed by atoms with Gasteiger partial charge in [0.2, 0.25) is 0 Å². The summed E-state index contributed by atoms with van der Waals surface area (Å²) in [6, 6.07) is 11.6. The molecule has 0 bridgehead atoms. The van der Waals surface area contributed by atoms with E-state index >= 15 is 0 Å². The van der Waals surface area contributed by atoms with Crippen LogP contribution in [0.5, 0.6) is 11.5 Å². The lowest BCUT2D eigenvalue weighted by Crippen LogP contribution is -1.95. The highest BCUT2D eigenvalue weighted by Gasteiger charge is 2.10. The summed E-state index contributed by atoms with van der Waals surface area (Å²) in [6.07, 6.45) is 0. The minimum absolute atomic E-state index is 0.0531. The first-order valence-electron chi connectivity index (χ1n) is 5.04. The summed E-state index contributed by atoms with van der Waals surface area (Å²) in [5.41, 5.74) is 5.91. The van der Waals surface area contributed by atoms with Gasteiger partial charge < -0.3 is 10.5 Å². The molecule has 2 aromatic rings. The van der Waals surface area contributed by atoms with Gasteiger partial charge in [-0.3, -0.25) is 10.1 Å². The molecule has 2 rings (SSSR count). The summed E-state index contributed by atoms with van der Waals surface area (Å²) >= 11 is 2.14. The number of ether oxygens (including phenoxy) is 1. The number of nitrogens with two attached hydrogens (primary N) is 1. The first-order chi connectivity index (χ1) is 8.58. The minimum atomic E-state index is -0.494. The molecule has 18 heavy (non-hydrogen) atoms. The second-order valence-electron chi connectivity index (χ2n) is 3.51. The SMILES string of the molecule is Nc1cc([N+](=O)[O-])ccc1Oc1ccccc1I. The predicted molar refractivity (Wildman–Crippen MR) is 76.7 cm³/mol. The van der Waals surface area contributed by atoms with Gasteiger partial charge in [0.05, 0.1) is 14.2 Å². The lowest BCUT2D eigenvalue weighted by molar-refractivity contribution is -0.384. The largest absolute Gasteiger partial charge is 0.454 e. The Bertz CT molecular complexity index is 602. The van der Waals surface area contributed by atoms with Crippen molar-refractivity contribution in [1.29, 1.82) is 0 Å². The molecule has 0 aliphatic rings. The lowest BCUT2D eigenvalue weighted by Gasteiger charge is -2.09. The van der Waals surface area contributed by atoms with Gasteiger partial charge in [0.15, 0.2) is 5.75 Å². The first-order valence-corrected chi connectivity index (χ1v) is 6.12. The number of non-ortho nitro benzene ring substituents is 1. The zero-order valence-electron chi connectivity index (χ0n) is 9.17. The summed E-state index contributed by atoms with van der Waals surface area (Å²) in [5, 5.41) is 10.6. The van der Waals surface area contributed by atoms with E-state index in [9.17, 15) is 10.1 Å². The number of hydrogen-bond acceptors (Lipinski definition) is 4. The van der Waals surface area contributed by atoms with Crippen LogP contribution in [0.1, 0.15) is 0 Å². The Hall–Kier alpha value is -1.83. The molecule has 0 aromatic heterocycles. The second kappa shape index (κ2) is 5.21. The molecule has 92 valence electrons. The number of nitro benzene ring substituents is 1. The maximum atomic E-state index is 10.6. The molecule has 2 N–H and O–H groups in total. The molecule has 0 spiro atoms. The molecule has 0 heterocycles. The maximum absolute atomic E-state index is 10.6. The molecule has 0 amide bonds. The number of halogens is 1. The topological polar surface area (TPSA) is 78.4 Å². The standard InChI is InChI=1S/C12H9IN2O3/c13-9-3-1-2-4-11(9)18-12-6-5-8(15(16)17)7-10(12)14/h1-7H,14H2. The number of benzene rings is 2. The van der Waals surface area contributed by atoms with Gasteiger partial charge in [-0.25, -0.2) is 0 Å². The normalized spacial score (nSPS) is 10.1. The fraction of sp³-hybridized carbons (Fsp3) is 0. The van der Waals surface area contributed by atoms with Crippen LogP contribution in [-0.2, 0) is 0 Å². The summed E-state index contributed by atoms with van der Waals surface area (Å²) in [6.45, 7) is 0. The quantitative estimate of drug-likeness (QED) is 0.395. The third kappa shape index (κ3) is 2.70. The zero-order chi connectivity index (χ0) is 13.1. The van der Waals surface area contributed by atoms with Crippen LogP contribution in [0.4, 0.5) is 11.4 Å². The van der Waals surface area contributed by atoms with Crippen LogP contribution in [0.25, 0.3) is 0 Å². The molecule has 0 fully saturated rings. The van der Waals surface area contributed by atoms with E-state index in [-0.39, 0.29) is 11.4 Å². The van der Waals surface area contributed by atoms with Crippen molar-refractivity contribution in [2.75, 3.05) is 5.73 Å². The van der Waals surface area contributed by atoms with Crippen LogP contribution in [0.2, 0.25) is 0 Å². The van der Waals surface area contributed by atoms with Crippen LogP contribution in [0, 0.1) is 13.7 Å². The van der Waals surface area contributed by atoms with Crippen LogP contribution >= 0.6 is 22.6 Å². The predicted octanol–water partition coefficient (Wildman–Crippen LogP) is 3.57. The average molecular weight is 356 g/mol. The molecular formula is C12H9IN2O3. The number of nitrogens with zero attached hydrogens (tertiary/aromatic N) is 1. The van der Waals surface area contributed by atoms with Crippen molar-refractivity contribution in [3.63, 3.8) is 0 Å². The van der Waals surface area contributed by atoms with Gasteiger partial charge in [-0.15, -0.1) is 0 Å². The monoisotopic (exact) mass is 356 g/mol. The average Bonchev–Trinajstić information content (AvgIpc) is 2.34. The van der Waals surface area contributed by atoms with E-state index in [1.54, 1.807) is 0 Å². The molecule has 0 atom stereocenters. The van der Waals surface area contributed by atoms with Gasteiger partial charge in [-0.2, -0.15) is 0 Å². The van der Waals surface area contributed by atoms with Crippen molar-refractivity contribution in [3.05, 3.63) is 56.1 Å². The zero-order valence-corrected chi connectivity index (χ0v) is 11.3. The van der Waals surface area contributed by atoms with Gasteiger partial charge >= 0.3 is 0 Å². The number of hydrogen-bond donors (Lipinski definition) is 1. The molecule has 2 aromatic carbocycles. The fourth-order valence-corrected chi connectivity index (χ4v) is 1.89. The van der Waals surface area contributed by atoms with Crippen molar-refractivity contribution in [3.8, 4) is 11.5 Å². The van der Waals surface area contributed by atoms with E-state index < -0.39 is 4.92 Å². The van der Waals surface area contributed by atoms with E-state index in [1.807, 2.05) is 24.3 Å². The van der Waals surface area contributed by atoms with Crippen molar-refractivity contribution in [2.24, 2.45) is 0 Å². The Kier molecular flexibility index (Phi) is 3.66. The lowest BCUT2D eigenvalue weighted by atomic mass is 10.2. The molecule has 0 saturated heterocycles. The highest BCUT2D eigenvalue weighted by Crippen LogP contribution is 2.32. The summed E-state index contributed by atoms with van der Waals surface area (Å²) in [4.78, 5) is 10.1. The van der Waals surface area contributed by atoms with Crippen molar-refractivity contribution >= 4 is 34.0 Å². The molecule has 0 saturated carbocycles. The highest BCUT2D eigenvalue weighted by atomic mass is 127.